The van der Waals surface area contributed by atoms with Crippen molar-refractivity contribution in [3.05, 3.63) is 35.9 Å². The lowest BCUT2D eigenvalue weighted by Gasteiger charge is -2.27. The molecule has 1 aromatic carbocycles. The van der Waals surface area contributed by atoms with Gasteiger partial charge >= 0.3 is 0 Å². The maximum absolute atomic E-state index is 12.4. The molecule has 1 rings (SSSR count). The van der Waals surface area contributed by atoms with E-state index in [1.165, 1.54) is 0 Å². The molecule has 1 aromatic rings. The Morgan fingerprint density at radius 1 is 1.25 bits per heavy atom. The van der Waals surface area contributed by atoms with Gasteiger partial charge in [0.25, 0.3) is 0 Å². The number of carbonyl (C=O) groups is 1. The second-order valence-corrected chi connectivity index (χ2v) is 4.90. The van der Waals surface area contributed by atoms with Crippen molar-refractivity contribution in [3.8, 4) is 12.1 Å². The maximum Gasteiger partial charge on any atom is 0.240 e. The molecule has 0 aliphatic rings. The largest absolute Gasteiger partial charge is 0.338 e. The summed E-state index contributed by atoms with van der Waals surface area (Å²) in [5.41, 5.74) is 0.969. The number of nitriles is 2. The van der Waals surface area contributed by atoms with Crippen molar-refractivity contribution < 1.29 is 4.79 Å². The Hall–Kier alpha value is -2.33. The van der Waals surface area contributed by atoms with Crippen LogP contribution in [0.2, 0.25) is 0 Å². The third-order valence-corrected chi connectivity index (χ3v) is 3.11. The van der Waals surface area contributed by atoms with Gasteiger partial charge in [-0.3, -0.25) is 4.79 Å². The highest BCUT2D eigenvalue weighted by atomic mass is 16.2. The molecule has 4 nitrogen and oxygen atoms in total. The van der Waals surface area contributed by atoms with E-state index in [1.54, 1.807) is 4.90 Å². The molecular weight excluding hydrogens is 250 g/mol. The minimum absolute atomic E-state index is 0.0116. The lowest BCUT2D eigenvalue weighted by molar-refractivity contribution is -0.135. The summed E-state index contributed by atoms with van der Waals surface area (Å²) in [5.74, 6) is -0.889. The lowest BCUT2D eigenvalue weighted by Crippen LogP contribution is -2.41. The Kier molecular flexibility index (Phi) is 6.26. The predicted molar refractivity (Wildman–Crippen MR) is 76.3 cm³/mol. The monoisotopic (exact) mass is 269 g/mol. The van der Waals surface area contributed by atoms with Crippen LogP contribution in [0.5, 0.6) is 0 Å². The Labute approximate surface area is 120 Å². The summed E-state index contributed by atoms with van der Waals surface area (Å²) in [6, 6.07) is 13.6. The molecule has 1 atom stereocenters. The summed E-state index contributed by atoms with van der Waals surface area (Å²) in [7, 11) is 0. The maximum atomic E-state index is 12.4. The summed E-state index contributed by atoms with van der Waals surface area (Å²) in [6.45, 7) is 4.17. The van der Waals surface area contributed by atoms with Gasteiger partial charge in [-0.05, 0) is 25.8 Å². The van der Waals surface area contributed by atoms with E-state index in [4.69, 9.17) is 5.26 Å². The van der Waals surface area contributed by atoms with E-state index in [1.807, 2.05) is 50.2 Å². The number of nitrogens with zero attached hydrogens (tertiary/aromatic N) is 3. The van der Waals surface area contributed by atoms with Gasteiger partial charge in [-0.1, -0.05) is 30.3 Å². The molecule has 0 heterocycles. The van der Waals surface area contributed by atoms with Crippen LogP contribution in [-0.2, 0) is 11.2 Å². The Balaban J connectivity index is 2.80. The molecule has 20 heavy (non-hydrogen) atoms. The van der Waals surface area contributed by atoms with Crippen molar-refractivity contribution in [1.29, 1.82) is 10.5 Å². The van der Waals surface area contributed by atoms with Crippen LogP contribution in [0.25, 0.3) is 0 Å². The summed E-state index contributed by atoms with van der Waals surface area (Å²) in [4.78, 5) is 14.0. The van der Waals surface area contributed by atoms with Crippen molar-refractivity contribution in [3.63, 3.8) is 0 Å². The fraction of sp³-hybridized carbons (Fsp3) is 0.438. The van der Waals surface area contributed by atoms with Gasteiger partial charge in [-0.2, -0.15) is 10.5 Å². The normalized spacial score (nSPS) is 11.4. The molecule has 0 aliphatic heterocycles. The van der Waals surface area contributed by atoms with Crippen LogP contribution in [0.15, 0.2) is 30.3 Å². The fourth-order valence-electron chi connectivity index (χ4n) is 2.03. The quantitative estimate of drug-likeness (QED) is 0.796. The topological polar surface area (TPSA) is 67.9 Å². The molecule has 0 fully saturated rings. The van der Waals surface area contributed by atoms with E-state index in [2.05, 4.69) is 6.07 Å². The van der Waals surface area contributed by atoms with Gasteiger partial charge in [-0.15, -0.1) is 0 Å². The number of rotatable bonds is 6. The average Bonchev–Trinajstić information content (AvgIpc) is 2.45. The van der Waals surface area contributed by atoms with Crippen molar-refractivity contribution >= 4 is 5.91 Å². The van der Waals surface area contributed by atoms with E-state index < -0.39 is 5.92 Å². The van der Waals surface area contributed by atoms with E-state index in [0.717, 1.165) is 5.56 Å². The highest BCUT2D eigenvalue weighted by Crippen LogP contribution is 2.13. The van der Waals surface area contributed by atoms with Crippen LogP contribution in [0, 0.1) is 28.6 Å². The highest BCUT2D eigenvalue weighted by molar-refractivity contribution is 5.81. The minimum atomic E-state index is -0.696. The molecule has 1 amide bonds. The molecule has 104 valence electrons. The van der Waals surface area contributed by atoms with E-state index in [0.29, 0.717) is 13.0 Å². The molecular formula is C16H19N3O. The smallest absolute Gasteiger partial charge is 0.240 e. The molecule has 0 saturated carbocycles. The van der Waals surface area contributed by atoms with Crippen LogP contribution in [0.3, 0.4) is 0 Å². The number of benzene rings is 1. The number of hydrogen-bond donors (Lipinski definition) is 0. The van der Waals surface area contributed by atoms with Crippen LogP contribution >= 0.6 is 0 Å². The summed E-state index contributed by atoms with van der Waals surface area (Å²) < 4.78 is 0. The van der Waals surface area contributed by atoms with Crippen molar-refractivity contribution in [2.24, 2.45) is 5.92 Å². The summed E-state index contributed by atoms with van der Waals surface area (Å²) >= 11 is 0. The zero-order valence-electron chi connectivity index (χ0n) is 11.9. The second kappa shape index (κ2) is 7.96. The Morgan fingerprint density at radius 3 is 2.40 bits per heavy atom. The molecule has 0 aromatic heterocycles. The fourth-order valence-corrected chi connectivity index (χ4v) is 2.03. The van der Waals surface area contributed by atoms with Crippen LogP contribution in [0.4, 0.5) is 0 Å². The van der Waals surface area contributed by atoms with E-state index in [-0.39, 0.29) is 18.4 Å². The molecule has 1 unspecified atom stereocenters. The lowest BCUT2D eigenvalue weighted by atomic mass is 9.98. The molecule has 0 aliphatic carbocycles. The number of hydrogen-bond acceptors (Lipinski definition) is 3. The second-order valence-electron chi connectivity index (χ2n) is 4.90. The Bertz CT molecular complexity index is 511. The molecule has 0 radical (unpaired) electrons. The van der Waals surface area contributed by atoms with Gasteiger partial charge in [0.2, 0.25) is 5.91 Å². The highest BCUT2D eigenvalue weighted by Gasteiger charge is 2.25. The van der Waals surface area contributed by atoms with Crippen molar-refractivity contribution in [2.45, 2.75) is 32.7 Å². The first-order valence-electron chi connectivity index (χ1n) is 6.71. The van der Waals surface area contributed by atoms with Gasteiger partial charge in [0, 0.05) is 12.6 Å². The van der Waals surface area contributed by atoms with Gasteiger partial charge in [-0.25, -0.2) is 0 Å². The molecule has 0 spiro atoms. The molecule has 0 bridgehead atoms. The van der Waals surface area contributed by atoms with Gasteiger partial charge in [0.1, 0.15) is 5.92 Å². The van der Waals surface area contributed by atoms with Gasteiger partial charge in [0.15, 0.2) is 0 Å². The SMILES string of the molecule is CC(C)N(CCC#N)C(=O)C(C#N)Cc1ccccc1. The third-order valence-electron chi connectivity index (χ3n) is 3.11. The van der Waals surface area contributed by atoms with Crippen molar-refractivity contribution in [1.82, 2.24) is 4.90 Å². The summed E-state index contributed by atoms with van der Waals surface area (Å²) in [6.07, 6.45) is 0.694. The third kappa shape index (κ3) is 4.40. The van der Waals surface area contributed by atoms with Gasteiger partial charge < -0.3 is 4.90 Å². The average molecular weight is 269 g/mol. The number of amides is 1. The van der Waals surface area contributed by atoms with E-state index in [9.17, 15) is 10.1 Å². The molecule has 0 saturated heterocycles. The number of carbonyl (C=O) groups excluding carboxylic acids is 1. The standard InChI is InChI=1S/C16H19N3O/c1-13(2)19(10-6-9-17)16(20)15(12-18)11-14-7-4-3-5-8-14/h3-5,7-8,13,15H,6,10-11H2,1-2H3. The van der Waals surface area contributed by atoms with E-state index >= 15 is 0 Å². The Morgan fingerprint density at radius 2 is 1.90 bits per heavy atom. The molecule has 0 N–H and O–H groups in total. The zero-order chi connectivity index (χ0) is 15.0. The van der Waals surface area contributed by atoms with Gasteiger partial charge in [0.05, 0.1) is 18.6 Å². The van der Waals surface area contributed by atoms with Crippen LogP contribution in [-0.4, -0.2) is 23.4 Å². The first-order valence-corrected chi connectivity index (χ1v) is 6.71. The van der Waals surface area contributed by atoms with Crippen LogP contribution in [0.1, 0.15) is 25.8 Å². The predicted octanol–water partition coefficient (Wildman–Crippen LogP) is 2.52. The van der Waals surface area contributed by atoms with Crippen LogP contribution < -0.4 is 0 Å². The summed E-state index contributed by atoms with van der Waals surface area (Å²) in [5, 5.41) is 17.9. The first kappa shape index (κ1) is 15.7. The zero-order valence-corrected chi connectivity index (χ0v) is 11.9. The first-order chi connectivity index (χ1) is 9.60. The van der Waals surface area contributed by atoms with Crippen molar-refractivity contribution in [2.75, 3.05) is 6.54 Å². The molecule has 4 heteroatoms. The minimum Gasteiger partial charge on any atom is -0.338 e.